The standard InChI is InChI=1S/C19H16ClN5O4/c1-29-10-13-16(11-2-4-12(20)5-3-11)18-22-21-17-14(25(18)23-13)6-8-24(19(17)28)9-7-15(26)27/h2-6,8H,7,9-10H2,1H3,(H,26,27). The number of aliphatic carboxylic acids is 1. The lowest BCUT2D eigenvalue weighted by Gasteiger charge is -2.06. The van der Waals surface area contributed by atoms with Gasteiger partial charge in [-0.2, -0.15) is 5.10 Å². The summed E-state index contributed by atoms with van der Waals surface area (Å²) >= 11 is 6.00. The zero-order valence-corrected chi connectivity index (χ0v) is 16.1. The van der Waals surface area contributed by atoms with Crippen molar-refractivity contribution in [3.63, 3.8) is 0 Å². The average molecular weight is 414 g/mol. The summed E-state index contributed by atoms with van der Waals surface area (Å²) in [6.45, 7) is 0.298. The number of ether oxygens (including phenoxy) is 1. The topological polar surface area (TPSA) is 112 Å². The highest BCUT2D eigenvalue weighted by molar-refractivity contribution is 6.30. The molecule has 3 heterocycles. The number of fused-ring (bicyclic) bond motifs is 3. The van der Waals surface area contributed by atoms with E-state index in [1.165, 1.54) is 10.8 Å². The smallest absolute Gasteiger partial charge is 0.305 e. The van der Waals surface area contributed by atoms with Crippen molar-refractivity contribution in [2.75, 3.05) is 7.11 Å². The molecule has 0 unspecified atom stereocenters. The lowest BCUT2D eigenvalue weighted by molar-refractivity contribution is -0.137. The van der Waals surface area contributed by atoms with Crippen molar-refractivity contribution in [3.8, 4) is 11.1 Å². The molecule has 0 fully saturated rings. The van der Waals surface area contributed by atoms with Gasteiger partial charge in [0, 0.05) is 24.9 Å². The minimum atomic E-state index is -0.984. The number of rotatable bonds is 6. The zero-order chi connectivity index (χ0) is 20.5. The van der Waals surface area contributed by atoms with E-state index in [-0.39, 0.29) is 25.1 Å². The molecule has 0 aliphatic carbocycles. The minimum Gasteiger partial charge on any atom is -0.481 e. The molecule has 148 valence electrons. The van der Waals surface area contributed by atoms with Crippen molar-refractivity contribution in [2.24, 2.45) is 0 Å². The molecule has 0 bridgehead atoms. The van der Waals surface area contributed by atoms with Gasteiger partial charge >= 0.3 is 5.97 Å². The predicted molar refractivity (Wildman–Crippen MR) is 106 cm³/mol. The van der Waals surface area contributed by atoms with Gasteiger partial charge in [-0.3, -0.25) is 9.59 Å². The molecule has 3 aromatic heterocycles. The SMILES string of the molecule is COCc1nn2c(nnc3c(=O)n(CCC(=O)O)ccc32)c1-c1ccc(Cl)cc1. The molecule has 0 aliphatic heterocycles. The fourth-order valence-corrected chi connectivity index (χ4v) is 3.30. The first kappa shape index (κ1) is 19.0. The van der Waals surface area contributed by atoms with E-state index in [4.69, 9.17) is 21.4 Å². The summed E-state index contributed by atoms with van der Waals surface area (Å²) in [6.07, 6.45) is 1.37. The molecule has 0 radical (unpaired) electrons. The Morgan fingerprint density at radius 2 is 1.97 bits per heavy atom. The first-order valence-electron chi connectivity index (χ1n) is 8.73. The lowest BCUT2D eigenvalue weighted by Crippen LogP contribution is -2.22. The Labute approximate surface area is 169 Å². The second-order valence-electron chi connectivity index (χ2n) is 6.39. The average Bonchev–Trinajstić information content (AvgIpc) is 3.07. The molecule has 29 heavy (non-hydrogen) atoms. The van der Waals surface area contributed by atoms with Crippen LogP contribution in [0.3, 0.4) is 0 Å². The van der Waals surface area contributed by atoms with E-state index in [1.807, 2.05) is 12.1 Å². The minimum absolute atomic E-state index is 0.0495. The Morgan fingerprint density at radius 3 is 2.66 bits per heavy atom. The van der Waals surface area contributed by atoms with Gasteiger partial charge < -0.3 is 14.4 Å². The molecule has 4 rings (SSSR count). The van der Waals surface area contributed by atoms with Crippen LogP contribution in [0.1, 0.15) is 12.1 Å². The van der Waals surface area contributed by atoms with Crippen LogP contribution in [0.25, 0.3) is 27.8 Å². The van der Waals surface area contributed by atoms with E-state index >= 15 is 0 Å². The highest BCUT2D eigenvalue weighted by Crippen LogP contribution is 2.30. The molecule has 0 atom stereocenters. The molecule has 0 aliphatic rings. The number of nitrogens with zero attached hydrogens (tertiary/aromatic N) is 5. The molecule has 10 heteroatoms. The number of halogens is 1. The number of hydrogen-bond acceptors (Lipinski definition) is 6. The number of benzene rings is 1. The fourth-order valence-electron chi connectivity index (χ4n) is 3.17. The Bertz CT molecular complexity index is 1280. The third-order valence-corrected chi connectivity index (χ3v) is 4.76. The lowest BCUT2D eigenvalue weighted by atomic mass is 10.1. The van der Waals surface area contributed by atoms with Gasteiger partial charge in [0.05, 0.1) is 24.3 Å². The summed E-state index contributed by atoms with van der Waals surface area (Å²) in [4.78, 5) is 23.5. The molecule has 0 saturated heterocycles. The van der Waals surface area contributed by atoms with Crippen LogP contribution < -0.4 is 5.56 Å². The number of carboxylic acids is 1. The van der Waals surface area contributed by atoms with Crippen molar-refractivity contribution >= 4 is 34.3 Å². The van der Waals surface area contributed by atoms with Crippen LogP contribution in [0.5, 0.6) is 0 Å². The molecule has 1 aromatic carbocycles. The largest absolute Gasteiger partial charge is 0.481 e. The fraction of sp³-hybridized carbons (Fsp3) is 0.211. The number of aromatic nitrogens is 5. The summed E-state index contributed by atoms with van der Waals surface area (Å²) in [5, 5.41) is 22.4. The number of hydrogen-bond donors (Lipinski definition) is 1. The maximum absolute atomic E-state index is 12.7. The molecule has 1 N–H and O–H groups in total. The van der Waals surface area contributed by atoms with E-state index in [0.717, 1.165) is 11.1 Å². The van der Waals surface area contributed by atoms with Crippen LogP contribution in [0.4, 0.5) is 0 Å². The van der Waals surface area contributed by atoms with Crippen LogP contribution in [0.15, 0.2) is 41.3 Å². The predicted octanol–water partition coefficient (Wildman–Crippen LogP) is 2.38. The van der Waals surface area contributed by atoms with Crippen LogP contribution in [-0.2, 0) is 22.7 Å². The Morgan fingerprint density at radius 1 is 1.21 bits per heavy atom. The third kappa shape index (κ3) is 3.45. The van der Waals surface area contributed by atoms with Crippen molar-refractivity contribution < 1.29 is 14.6 Å². The first-order valence-corrected chi connectivity index (χ1v) is 9.11. The van der Waals surface area contributed by atoms with E-state index in [9.17, 15) is 9.59 Å². The molecule has 9 nitrogen and oxygen atoms in total. The second-order valence-corrected chi connectivity index (χ2v) is 6.83. The van der Waals surface area contributed by atoms with Crippen LogP contribution in [-0.4, -0.2) is 42.6 Å². The highest BCUT2D eigenvalue weighted by atomic mass is 35.5. The number of pyridine rings is 1. The van der Waals surface area contributed by atoms with Gasteiger partial charge in [-0.05, 0) is 23.8 Å². The maximum Gasteiger partial charge on any atom is 0.305 e. The van der Waals surface area contributed by atoms with Crippen molar-refractivity contribution in [1.29, 1.82) is 0 Å². The highest BCUT2D eigenvalue weighted by Gasteiger charge is 2.19. The summed E-state index contributed by atoms with van der Waals surface area (Å²) < 4.78 is 8.14. The van der Waals surface area contributed by atoms with Gasteiger partial charge in [0.25, 0.3) is 5.56 Å². The van der Waals surface area contributed by atoms with E-state index in [0.29, 0.717) is 21.9 Å². The summed E-state index contributed by atoms with van der Waals surface area (Å²) in [5.41, 5.74) is 2.88. The summed E-state index contributed by atoms with van der Waals surface area (Å²) in [6, 6.07) is 8.93. The summed E-state index contributed by atoms with van der Waals surface area (Å²) in [7, 11) is 1.57. The molecule has 4 aromatic rings. The van der Waals surface area contributed by atoms with E-state index < -0.39 is 11.5 Å². The normalized spacial score (nSPS) is 11.4. The molecule has 0 saturated carbocycles. The van der Waals surface area contributed by atoms with Crippen LogP contribution in [0, 0.1) is 0 Å². The monoisotopic (exact) mass is 413 g/mol. The third-order valence-electron chi connectivity index (χ3n) is 4.51. The Kier molecular flexibility index (Phi) is 4.99. The number of methoxy groups -OCH3 is 1. The van der Waals surface area contributed by atoms with Gasteiger partial charge in [-0.1, -0.05) is 23.7 Å². The number of aryl methyl sites for hydroxylation is 1. The Hall–Kier alpha value is -3.30. The molecular weight excluding hydrogens is 398 g/mol. The molecule has 0 amide bonds. The zero-order valence-electron chi connectivity index (χ0n) is 15.4. The van der Waals surface area contributed by atoms with Crippen molar-refractivity contribution in [2.45, 2.75) is 19.6 Å². The molecular formula is C19H16ClN5O4. The van der Waals surface area contributed by atoms with Crippen LogP contribution >= 0.6 is 11.6 Å². The van der Waals surface area contributed by atoms with Gasteiger partial charge in [-0.25, -0.2) is 4.52 Å². The Balaban J connectivity index is 1.93. The quantitative estimate of drug-likeness (QED) is 0.516. The van der Waals surface area contributed by atoms with Crippen molar-refractivity contribution in [1.82, 2.24) is 24.4 Å². The first-order chi connectivity index (χ1) is 14.0. The van der Waals surface area contributed by atoms with E-state index in [1.54, 1.807) is 29.8 Å². The van der Waals surface area contributed by atoms with Gasteiger partial charge in [0.1, 0.15) is 5.52 Å². The van der Waals surface area contributed by atoms with Crippen LogP contribution in [0.2, 0.25) is 5.02 Å². The van der Waals surface area contributed by atoms with Gasteiger partial charge in [-0.15, -0.1) is 10.2 Å². The second kappa shape index (κ2) is 7.61. The molecule has 0 spiro atoms. The van der Waals surface area contributed by atoms with E-state index in [2.05, 4.69) is 15.3 Å². The number of carboxylic acid groups (broad SMARTS) is 1. The van der Waals surface area contributed by atoms with Gasteiger partial charge in [0.2, 0.25) is 0 Å². The van der Waals surface area contributed by atoms with Crippen molar-refractivity contribution in [3.05, 3.63) is 57.6 Å². The van der Waals surface area contributed by atoms with Gasteiger partial charge in [0.15, 0.2) is 11.2 Å². The maximum atomic E-state index is 12.7. The summed E-state index contributed by atoms with van der Waals surface area (Å²) in [5.74, 6) is -0.984. The number of carbonyl (C=O) groups is 1.